The molecule has 0 bridgehead atoms. The van der Waals surface area contributed by atoms with Gasteiger partial charge in [-0.25, -0.2) is 0 Å². The Bertz CT molecular complexity index is 399. The molecule has 1 saturated heterocycles. The van der Waals surface area contributed by atoms with Gasteiger partial charge in [-0.1, -0.05) is 19.4 Å². The zero-order valence-electron chi connectivity index (χ0n) is 11.2. The number of nitrogens with one attached hydrogen (secondary N) is 1. The molecular formula is C13H20BNO3S. The zero-order chi connectivity index (χ0) is 13.7. The summed E-state index contributed by atoms with van der Waals surface area (Å²) < 4.78 is 5.52. The average Bonchev–Trinajstić information content (AvgIpc) is 2.86. The maximum absolute atomic E-state index is 11.9. The molecule has 4 nitrogen and oxygen atoms in total. The summed E-state index contributed by atoms with van der Waals surface area (Å²) >= 11 is 1.57. The average molecular weight is 281 g/mol. The van der Waals surface area contributed by atoms with Crippen LogP contribution in [-0.2, 0) is 15.9 Å². The Kier molecular flexibility index (Phi) is 5.42. The lowest BCUT2D eigenvalue weighted by Crippen LogP contribution is -2.52. The van der Waals surface area contributed by atoms with Crippen molar-refractivity contribution in [1.82, 2.24) is 5.32 Å². The first-order chi connectivity index (χ1) is 9.19. The molecule has 104 valence electrons. The Balaban J connectivity index is 1.78. The smallest absolute Gasteiger partial charge is 0.426 e. The molecule has 2 rings (SSSR count). The summed E-state index contributed by atoms with van der Waals surface area (Å²) in [4.78, 5) is 12.9. The lowest BCUT2D eigenvalue weighted by atomic mass is 9.72. The minimum atomic E-state index is -0.877. The summed E-state index contributed by atoms with van der Waals surface area (Å²) in [6.07, 6.45) is 4.20. The zero-order valence-corrected chi connectivity index (χ0v) is 12.0. The fourth-order valence-corrected chi connectivity index (χ4v) is 3.08. The van der Waals surface area contributed by atoms with Gasteiger partial charge in [0.1, 0.15) is 0 Å². The number of thiophene rings is 1. The van der Waals surface area contributed by atoms with Crippen LogP contribution in [0, 0.1) is 0 Å². The van der Waals surface area contributed by atoms with Gasteiger partial charge in [-0.15, -0.1) is 11.3 Å². The summed E-state index contributed by atoms with van der Waals surface area (Å²) in [6, 6.07) is 3.87. The quantitative estimate of drug-likeness (QED) is 0.809. The first kappa shape index (κ1) is 14.6. The maximum atomic E-state index is 11.9. The van der Waals surface area contributed by atoms with Crippen molar-refractivity contribution < 1.29 is 14.5 Å². The monoisotopic (exact) mass is 281 g/mol. The van der Waals surface area contributed by atoms with E-state index >= 15 is 0 Å². The highest BCUT2D eigenvalue weighted by molar-refractivity contribution is 7.10. The van der Waals surface area contributed by atoms with Gasteiger partial charge < -0.3 is 15.0 Å². The van der Waals surface area contributed by atoms with Crippen molar-refractivity contribution in [2.45, 2.75) is 51.1 Å². The van der Waals surface area contributed by atoms with Gasteiger partial charge in [0, 0.05) is 11.0 Å². The highest BCUT2D eigenvalue weighted by atomic mass is 32.1. The number of hydrogen-bond donors (Lipinski definition) is 2. The molecule has 1 aromatic heterocycles. The second kappa shape index (κ2) is 7.08. The lowest BCUT2D eigenvalue weighted by Gasteiger charge is -2.31. The van der Waals surface area contributed by atoms with Gasteiger partial charge in [0.25, 0.3) is 0 Å². The number of carbonyl (C=O) groups is 1. The van der Waals surface area contributed by atoms with Crippen molar-refractivity contribution >= 4 is 24.4 Å². The molecule has 2 heterocycles. The van der Waals surface area contributed by atoms with Crippen LogP contribution in [0.15, 0.2) is 17.5 Å². The molecule has 1 amide bonds. The molecule has 0 aliphatic carbocycles. The lowest BCUT2D eigenvalue weighted by molar-refractivity contribution is -0.121. The molecule has 1 fully saturated rings. The van der Waals surface area contributed by atoms with E-state index in [1.54, 1.807) is 11.3 Å². The fraction of sp³-hybridized carbons (Fsp3) is 0.615. The fourth-order valence-electron chi connectivity index (χ4n) is 2.38. The van der Waals surface area contributed by atoms with Crippen molar-refractivity contribution in [3.05, 3.63) is 22.4 Å². The Morgan fingerprint density at radius 3 is 3.11 bits per heavy atom. The van der Waals surface area contributed by atoms with Gasteiger partial charge in [-0.2, -0.15) is 0 Å². The third-order valence-electron chi connectivity index (χ3n) is 3.35. The SMILES string of the molecule is CCC[C@@H]1CCC(NC(=O)Cc2cccs2)B(O)O1. The van der Waals surface area contributed by atoms with Gasteiger partial charge in [-0.3, -0.25) is 4.79 Å². The summed E-state index contributed by atoms with van der Waals surface area (Å²) in [5.41, 5.74) is 0. The Morgan fingerprint density at radius 1 is 1.63 bits per heavy atom. The summed E-state index contributed by atoms with van der Waals surface area (Å²) in [5, 5.41) is 14.7. The van der Waals surface area contributed by atoms with Crippen molar-refractivity contribution in [3.8, 4) is 0 Å². The standard InChI is InChI=1S/C13H20BNO3S/c1-2-4-10-6-7-12(14(17)18-10)15-13(16)9-11-5-3-8-19-11/h3,5,8,10,12,17H,2,4,6-7,9H2,1H3,(H,15,16)/t10-,12?/m1/s1. The Morgan fingerprint density at radius 2 is 2.47 bits per heavy atom. The third-order valence-corrected chi connectivity index (χ3v) is 4.22. The van der Waals surface area contributed by atoms with Gasteiger partial charge in [0.15, 0.2) is 0 Å². The van der Waals surface area contributed by atoms with E-state index in [1.807, 2.05) is 17.5 Å². The first-order valence-corrected chi connectivity index (χ1v) is 7.72. The highest BCUT2D eigenvalue weighted by Gasteiger charge is 2.35. The largest absolute Gasteiger partial charge is 0.478 e. The third kappa shape index (κ3) is 4.33. The molecule has 2 atom stereocenters. The molecule has 1 aromatic rings. The highest BCUT2D eigenvalue weighted by Crippen LogP contribution is 2.19. The van der Waals surface area contributed by atoms with E-state index in [9.17, 15) is 9.82 Å². The normalized spacial score (nSPS) is 23.4. The van der Waals surface area contributed by atoms with Crippen molar-refractivity contribution in [2.24, 2.45) is 0 Å². The predicted molar refractivity (Wildman–Crippen MR) is 76.9 cm³/mol. The van der Waals surface area contributed by atoms with E-state index in [-0.39, 0.29) is 18.0 Å². The van der Waals surface area contributed by atoms with E-state index < -0.39 is 7.12 Å². The molecule has 19 heavy (non-hydrogen) atoms. The van der Waals surface area contributed by atoms with Crippen LogP contribution >= 0.6 is 11.3 Å². The van der Waals surface area contributed by atoms with Crippen LogP contribution in [0.25, 0.3) is 0 Å². The molecule has 0 spiro atoms. The van der Waals surface area contributed by atoms with Gasteiger partial charge >= 0.3 is 7.12 Å². The second-order valence-electron chi connectivity index (χ2n) is 4.94. The van der Waals surface area contributed by atoms with Crippen molar-refractivity contribution in [1.29, 1.82) is 0 Å². The van der Waals surface area contributed by atoms with Crippen LogP contribution in [0.1, 0.15) is 37.5 Å². The van der Waals surface area contributed by atoms with Gasteiger partial charge in [0.2, 0.25) is 5.91 Å². The maximum Gasteiger partial charge on any atom is 0.478 e. The topological polar surface area (TPSA) is 58.6 Å². The molecule has 2 N–H and O–H groups in total. The Hall–Kier alpha value is -0.845. The van der Waals surface area contributed by atoms with E-state index in [4.69, 9.17) is 4.65 Å². The second-order valence-corrected chi connectivity index (χ2v) is 5.98. The van der Waals surface area contributed by atoms with Crippen LogP contribution in [0.3, 0.4) is 0 Å². The number of carbonyl (C=O) groups excluding carboxylic acids is 1. The van der Waals surface area contributed by atoms with Crippen LogP contribution in [0.2, 0.25) is 0 Å². The molecule has 0 saturated carbocycles. The van der Waals surface area contributed by atoms with E-state index in [0.717, 1.165) is 30.6 Å². The van der Waals surface area contributed by atoms with Crippen LogP contribution in [0.5, 0.6) is 0 Å². The summed E-state index contributed by atoms with van der Waals surface area (Å²) in [5.74, 6) is -0.329. The molecule has 0 radical (unpaired) electrons. The molecular weight excluding hydrogens is 261 g/mol. The van der Waals surface area contributed by atoms with E-state index in [1.165, 1.54) is 0 Å². The van der Waals surface area contributed by atoms with Crippen LogP contribution < -0.4 is 5.32 Å². The minimum Gasteiger partial charge on any atom is -0.426 e. The number of rotatable bonds is 5. The molecule has 6 heteroatoms. The number of hydrogen-bond acceptors (Lipinski definition) is 4. The summed E-state index contributed by atoms with van der Waals surface area (Å²) in [6.45, 7) is 2.10. The van der Waals surface area contributed by atoms with Crippen molar-refractivity contribution in [2.75, 3.05) is 0 Å². The Labute approximate surface area is 118 Å². The molecule has 1 aliphatic heterocycles. The molecule has 1 unspecified atom stereocenters. The molecule has 0 aromatic carbocycles. The minimum absolute atomic E-state index is 0.0518. The summed E-state index contributed by atoms with van der Waals surface area (Å²) in [7, 11) is -0.877. The molecule has 1 aliphatic rings. The van der Waals surface area contributed by atoms with E-state index in [0.29, 0.717) is 6.42 Å². The first-order valence-electron chi connectivity index (χ1n) is 6.84. The van der Waals surface area contributed by atoms with Crippen molar-refractivity contribution in [3.63, 3.8) is 0 Å². The van der Waals surface area contributed by atoms with Gasteiger partial charge in [0.05, 0.1) is 12.4 Å². The van der Waals surface area contributed by atoms with Crippen LogP contribution in [-0.4, -0.2) is 30.1 Å². The number of amides is 1. The predicted octanol–water partition coefficient (Wildman–Crippen LogP) is 1.77. The van der Waals surface area contributed by atoms with Gasteiger partial charge in [-0.05, 0) is 30.7 Å². The van der Waals surface area contributed by atoms with E-state index in [2.05, 4.69) is 12.2 Å². The van der Waals surface area contributed by atoms with Crippen LogP contribution in [0.4, 0.5) is 0 Å².